The van der Waals surface area contributed by atoms with Crippen LogP contribution in [0.15, 0.2) is 54.6 Å². The SMILES string of the molecule is C=C(C)C(=O)CCOC(CC)(OCCC(=O)C(=C)C)c1ccccc1. The standard InChI is InChI=1S/C21H28O4/c1-6-21(18-10-8-7-9-11-18,24-14-12-19(22)16(2)3)25-15-13-20(23)17(4)5/h7-11H,2,4,6,12-15H2,1,3,5H3. The normalized spacial score (nSPS) is 11.2. The highest BCUT2D eigenvalue weighted by molar-refractivity contribution is 5.94. The first-order valence-corrected chi connectivity index (χ1v) is 8.53. The molecular weight excluding hydrogens is 316 g/mol. The van der Waals surface area contributed by atoms with Crippen LogP contribution in [0.1, 0.15) is 45.6 Å². The Labute approximate surface area is 150 Å². The van der Waals surface area contributed by atoms with Gasteiger partial charge in [-0.05, 0) is 25.0 Å². The highest BCUT2D eigenvalue weighted by Crippen LogP contribution is 2.31. The molecule has 4 heteroatoms. The number of ketones is 2. The Morgan fingerprint density at radius 2 is 1.36 bits per heavy atom. The van der Waals surface area contributed by atoms with Crippen molar-refractivity contribution in [2.24, 2.45) is 0 Å². The Kier molecular flexibility index (Phi) is 8.46. The number of ether oxygens (including phenoxy) is 2. The van der Waals surface area contributed by atoms with Crippen molar-refractivity contribution in [3.63, 3.8) is 0 Å². The van der Waals surface area contributed by atoms with Gasteiger partial charge in [0.1, 0.15) is 0 Å². The van der Waals surface area contributed by atoms with Gasteiger partial charge in [0.05, 0.1) is 13.2 Å². The van der Waals surface area contributed by atoms with Crippen molar-refractivity contribution in [1.82, 2.24) is 0 Å². The van der Waals surface area contributed by atoms with Gasteiger partial charge in [-0.25, -0.2) is 0 Å². The van der Waals surface area contributed by atoms with Crippen molar-refractivity contribution in [1.29, 1.82) is 0 Å². The zero-order valence-corrected chi connectivity index (χ0v) is 15.5. The molecule has 0 amide bonds. The van der Waals surface area contributed by atoms with E-state index in [9.17, 15) is 9.59 Å². The fraction of sp³-hybridized carbons (Fsp3) is 0.429. The molecule has 0 aliphatic heterocycles. The van der Waals surface area contributed by atoms with Crippen molar-refractivity contribution < 1.29 is 19.1 Å². The van der Waals surface area contributed by atoms with Gasteiger partial charge in [-0.2, -0.15) is 0 Å². The van der Waals surface area contributed by atoms with E-state index in [0.717, 1.165) is 5.56 Å². The van der Waals surface area contributed by atoms with E-state index in [1.165, 1.54) is 0 Å². The quantitative estimate of drug-likeness (QED) is 0.418. The Morgan fingerprint density at radius 3 is 1.72 bits per heavy atom. The number of carbonyl (C=O) groups is 2. The lowest BCUT2D eigenvalue weighted by atomic mass is 10.0. The van der Waals surface area contributed by atoms with Crippen LogP contribution in [0.4, 0.5) is 0 Å². The summed E-state index contributed by atoms with van der Waals surface area (Å²) in [4.78, 5) is 23.5. The molecule has 0 N–H and O–H groups in total. The number of benzene rings is 1. The molecule has 0 bridgehead atoms. The zero-order valence-electron chi connectivity index (χ0n) is 15.5. The van der Waals surface area contributed by atoms with E-state index in [0.29, 0.717) is 17.6 Å². The van der Waals surface area contributed by atoms with Gasteiger partial charge in [0.2, 0.25) is 0 Å². The van der Waals surface area contributed by atoms with Gasteiger partial charge in [0.15, 0.2) is 17.4 Å². The Balaban J connectivity index is 2.85. The summed E-state index contributed by atoms with van der Waals surface area (Å²) < 4.78 is 12.0. The molecule has 0 aliphatic carbocycles. The van der Waals surface area contributed by atoms with Crippen LogP contribution in [0, 0.1) is 0 Å². The van der Waals surface area contributed by atoms with Gasteiger partial charge in [-0.1, -0.05) is 50.4 Å². The second-order valence-corrected chi connectivity index (χ2v) is 6.08. The van der Waals surface area contributed by atoms with Crippen molar-refractivity contribution >= 4 is 11.6 Å². The Morgan fingerprint density at radius 1 is 0.920 bits per heavy atom. The lowest BCUT2D eigenvalue weighted by molar-refractivity contribution is -0.248. The molecule has 136 valence electrons. The van der Waals surface area contributed by atoms with Crippen LogP contribution in [0.25, 0.3) is 0 Å². The number of rotatable bonds is 12. The average molecular weight is 344 g/mol. The van der Waals surface area contributed by atoms with E-state index in [1.807, 2.05) is 37.3 Å². The number of hydrogen-bond donors (Lipinski definition) is 0. The second kappa shape index (κ2) is 10.1. The van der Waals surface area contributed by atoms with E-state index in [-0.39, 0.29) is 37.6 Å². The maximum Gasteiger partial charge on any atom is 0.194 e. The van der Waals surface area contributed by atoms with E-state index in [2.05, 4.69) is 13.2 Å². The highest BCUT2D eigenvalue weighted by atomic mass is 16.7. The lowest BCUT2D eigenvalue weighted by Gasteiger charge is -2.33. The van der Waals surface area contributed by atoms with Gasteiger partial charge in [-0.3, -0.25) is 9.59 Å². The van der Waals surface area contributed by atoms with Crippen LogP contribution in [0.3, 0.4) is 0 Å². The molecule has 0 atom stereocenters. The Bertz CT molecular complexity index is 584. The van der Waals surface area contributed by atoms with Crippen molar-refractivity contribution in [3.05, 3.63) is 60.2 Å². The van der Waals surface area contributed by atoms with Crippen LogP contribution >= 0.6 is 0 Å². The molecule has 0 radical (unpaired) electrons. The third-order valence-corrected chi connectivity index (χ3v) is 3.96. The van der Waals surface area contributed by atoms with Crippen LogP contribution in [0.2, 0.25) is 0 Å². The predicted molar refractivity (Wildman–Crippen MR) is 99.2 cm³/mol. The Hall–Kier alpha value is -2.04. The van der Waals surface area contributed by atoms with Crippen LogP contribution in [-0.2, 0) is 24.8 Å². The van der Waals surface area contributed by atoms with Crippen molar-refractivity contribution in [2.75, 3.05) is 13.2 Å². The minimum atomic E-state index is -0.980. The average Bonchev–Trinajstić information content (AvgIpc) is 2.60. The predicted octanol–water partition coefficient (Wildman–Crippen LogP) is 4.35. The molecule has 0 saturated heterocycles. The van der Waals surface area contributed by atoms with Crippen LogP contribution in [0.5, 0.6) is 0 Å². The third kappa shape index (κ3) is 6.40. The maximum absolute atomic E-state index is 11.8. The molecule has 0 fully saturated rings. The van der Waals surface area contributed by atoms with E-state index < -0.39 is 5.79 Å². The largest absolute Gasteiger partial charge is 0.345 e. The smallest absolute Gasteiger partial charge is 0.194 e. The summed E-state index contributed by atoms with van der Waals surface area (Å²) in [5, 5.41) is 0. The summed E-state index contributed by atoms with van der Waals surface area (Å²) in [7, 11) is 0. The first kappa shape index (κ1) is 21.0. The second-order valence-electron chi connectivity index (χ2n) is 6.08. The molecule has 1 aromatic carbocycles. The molecule has 0 spiro atoms. The van der Waals surface area contributed by atoms with Crippen molar-refractivity contribution in [3.8, 4) is 0 Å². The minimum Gasteiger partial charge on any atom is -0.345 e. The van der Waals surface area contributed by atoms with Gasteiger partial charge in [0, 0.05) is 24.8 Å². The monoisotopic (exact) mass is 344 g/mol. The minimum absolute atomic E-state index is 0.0319. The van der Waals surface area contributed by atoms with Crippen LogP contribution < -0.4 is 0 Å². The number of carbonyl (C=O) groups excluding carboxylic acids is 2. The molecule has 0 aromatic heterocycles. The van der Waals surface area contributed by atoms with Crippen molar-refractivity contribution in [2.45, 2.75) is 45.8 Å². The highest BCUT2D eigenvalue weighted by Gasteiger charge is 2.32. The molecule has 0 saturated carbocycles. The molecule has 4 nitrogen and oxygen atoms in total. The number of hydrogen-bond acceptors (Lipinski definition) is 4. The third-order valence-electron chi connectivity index (χ3n) is 3.96. The van der Waals surface area contributed by atoms with Gasteiger partial charge in [-0.15, -0.1) is 0 Å². The maximum atomic E-state index is 11.8. The van der Waals surface area contributed by atoms with Gasteiger partial charge < -0.3 is 9.47 Å². The molecule has 1 rings (SSSR count). The lowest BCUT2D eigenvalue weighted by Crippen LogP contribution is -2.34. The zero-order chi connectivity index (χ0) is 18.9. The molecule has 1 aromatic rings. The fourth-order valence-corrected chi connectivity index (χ4v) is 2.35. The summed E-state index contributed by atoms with van der Waals surface area (Å²) in [5.74, 6) is -1.04. The molecule has 0 unspecified atom stereocenters. The number of allylic oxidation sites excluding steroid dienone is 2. The molecule has 0 aliphatic rings. The molecular formula is C21H28O4. The first-order chi connectivity index (χ1) is 11.8. The topological polar surface area (TPSA) is 52.6 Å². The van der Waals surface area contributed by atoms with E-state index in [1.54, 1.807) is 13.8 Å². The summed E-state index contributed by atoms with van der Waals surface area (Å²) in [6, 6.07) is 9.57. The first-order valence-electron chi connectivity index (χ1n) is 8.53. The summed E-state index contributed by atoms with van der Waals surface area (Å²) >= 11 is 0. The number of Topliss-reactive ketones (excluding diaryl/α,β-unsaturated/α-hetero) is 2. The van der Waals surface area contributed by atoms with Gasteiger partial charge in [0.25, 0.3) is 0 Å². The fourth-order valence-electron chi connectivity index (χ4n) is 2.35. The molecule has 0 heterocycles. The van der Waals surface area contributed by atoms with Gasteiger partial charge >= 0.3 is 0 Å². The molecule has 25 heavy (non-hydrogen) atoms. The summed E-state index contributed by atoms with van der Waals surface area (Å²) in [6.45, 7) is 13.1. The van der Waals surface area contributed by atoms with E-state index in [4.69, 9.17) is 9.47 Å². The van der Waals surface area contributed by atoms with E-state index >= 15 is 0 Å². The summed E-state index contributed by atoms with van der Waals surface area (Å²) in [5.41, 5.74) is 1.89. The van der Waals surface area contributed by atoms with Crippen LogP contribution in [-0.4, -0.2) is 24.8 Å². The summed E-state index contributed by atoms with van der Waals surface area (Å²) in [6.07, 6.45) is 1.05.